The molecule has 282 valence electrons. The van der Waals surface area contributed by atoms with Crippen LogP contribution in [0.1, 0.15) is 56.9 Å². The third-order valence-corrected chi connectivity index (χ3v) is 7.69. The number of phenols is 1. The number of hydrogen-bond acceptors (Lipinski definition) is 17. The fraction of sp³-hybridized carbons (Fsp3) is 0.613. The van der Waals surface area contributed by atoms with Crippen molar-refractivity contribution < 1.29 is 44.2 Å². The number of hydroxylamine groups is 1. The van der Waals surface area contributed by atoms with E-state index < -0.39 is 72.3 Å². The number of benzene rings is 1. The Morgan fingerprint density at radius 2 is 1.24 bits per heavy atom. The van der Waals surface area contributed by atoms with Crippen molar-refractivity contribution in [2.75, 3.05) is 26.2 Å². The molecule has 0 fully saturated rings. The maximum absolute atomic E-state index is 13.8. The van der Waals surface area contributed by atoms with Crippen molar-refractivity contribution in [3.8, 4) is 5.75 Å². The Morgan fingerprint density at radius 3 is 1.78 bits per heavy atom. The van der Waals surface area contributed by atoms with Crippen molar-refractivity contribution >= 4 is 35.5 Å². The summed E-state index contributed by atoms with van der Waals surface area (Å²) in [6.07, 6.45) is 1.97. The number of unbranched alkanes of at least 4 members (excludes halogenated alkanes) is 2. The minimum absolute atomic E-state index is 0.0192. The second-order valence-corrected chi connectivity index (χ2v) is 11.7. The van der Waals surface area contributed by atoms with Gasteiger partial charge in [-0.15, -0.1) is 0 Å². The summed E-state index contributed by atoms with van der Waals surface area (Å²) in [6.45, 7) is 0.0552. The van der Waals surface area contributed by atoms with Crippen molar-refractivity contribution in [3.05, 3.63) is 29.8 Å². The van der Waals surface area contributed by atoms with Gasteiger partial charge in [-0.05, 0) is 88.7 Å². The molecule has 0 heterocycles. The largest absolute Gasteiger partial charge is 0.508 e. The Hall–Kier alpha value is -3.76. The topological polar surface area (TPSA) is 339 Å². The predicted octanol–water partition coefficient (Wildman–Crippen LogP) is -4.19. The summed E-state index contributed by atoms with van der Waals surface area (Å²) in [5.41, 5.74) is 30.0. The lowest BCUT2D eigenvalue weighted by Crippen LogP contribution is -2.60. The van der Waals surface area contributed by atoms with Crippen LogP contribution in [-0.4, -0.2) is 114 Å². The van der Waals surface area contributed by atoms with E-state index in [-0.39, 0.29) is 50.7 Å². The van der Waals surface area contributed by atoms with Gasteiger partial charge >= 0.3 is 0 Å². The normalized spacial score (nSPS) is 14.3. The van der Waals surface area contributed by atoms with E-state index >= 15 is 0 Å². The number of hydrazine groups is 1. The number of nitrogens with one attached hydrogen (secondary N) is 6. The first kappa shape index (κ1) is 44.3. The number of ketones is 3. The first-order chi connectivity index (χ1) is 23.9. The number of phenolic OH excluding ortho intramolecular Hbond substituents is 1. The lowest BCUT2D eigenvalue weighted by Gasteiger charge is -2.27. The van der Waals surface area contributed by atoms with E-state index in [1.165, 1.54) is 12.1 Å². The molecule has 5 atom stereocenters. The molecule has 0 unspecified atom stereocenters. The fourth-order valence-corrected chi connectivity index (χ4v) is 4.81. The van der Waals surface area contributed by atoms with Gasteiger partial charge in [-0.25, -0.2) is 10.9 Å². The van der Waals surface area contributed by atoms with E-state index in [2.05, 4.69) is 26.8 Å². The number of carbonyl (C=O) groups is 6. The molecule has 1 aromatic carbocycles. The lowest BCUT2D eigenvalue weighted by atomic mass is 9.98. The minimum Gasteiger partial charge on any atom is -0.508 e. The number of aromatic hydroxyl groups is 1. The number of Topliss-reactive ketones (excluding diaryl/α,β-unsaturated/α-hetero) is 3. The van der Waals surface area contributed by atoms with E-state index in [1.807, 2.05) is 0 Å². The van der Waals surface area contributed by atoms with Crippen LogP contribution in [0.3, 0.4) is 0 Å². The molecule has 19 heteroatoms. The molecule has 2 amide bonds. The van der Waals surface area contributed by atoms with Crippen molar-refractivity contribution in [1.82, 2.24) is 32.3 Å². The molecule has 1 rings (SSSR count). The zero-order valence-electron chi connectivity index (χ0n) is 28.1. The second kappa shape index (κ2) is 25.2. The summed E-state index contributed by atoms with van der Waals surface area (Å²) in [5, 5.41) is 36.3. The highest BCUT2D eigenvalue weighted by Gasteiger charge is 2.34. The average molecular weight is 711 g/mol. The van der Waals surface area contributed by atoms with Crippen LogP contribution in [0.15, 0.2) is 24.3 Å². The van der Waals surface area contributed by atoms with Crippen LogP contribution in [-0.2, 0) is 35.2 Å². The van der Waals surface area contributed by atoms with Gasteiger partial charge in [0.2, 0.25) is 29.2 Å². The highest BCUT2D eigenvalue weighted by molar-refractivity contribution is 6.41. The Labute approximate surface area is 290 Å². The molecule has 0 aliphatic heterocycles. The molecule has 19 nitrogen and oxygen atoms in total. The van der Waals surface area contributed by atoms with Gasteiger partial charge in [0, 0.05) is 0 Å². The number of nitrogens with two attached hydrogens (primary N) is 4. The molecule has 0 saturated carbocycles. The Bertz CT molecular complexity index is 1200. The van der Waals surface area contributed by atoms with Crippen LogP contribution < -0.4 is 55.2 Å². The molecule has 0 spiro atoms. The van der Waals surface area contributed by atoms with E-state index in [4.69, 9.17) is 22.9 Å². The summed E-state index contributed by atoms with van der Waals surface area (Å²) >= 11 is 0. The zero-order valence-corrected chi connectivity index (χ0v) is 28.1. The molecule has 50 heavy (non-hydrogen) atoms. The van der Waals surface area contributed by atoms with Crippen LogP contribution in [0.2, 0.25) is 0 Å². The molecule has 0 radical (unpaired) electrons. The van der Waals surface area contributed by atoms with E-state index in [9.17, 15) is 44.2 Å². The van der Waals surface area contributed by atoms with Gasteiger partial charge in [-0.2, -0.15) is 5.48 Å². The van der Waals surface area contributed by atoms with E-state index in [1.54, 1.807) is 17.6 Å². The minimum atomic E-state index is -1.62. The summed E-state index contributed by atoms with van der Waals surface area (Å²) in [6, 6.07) is -0.359. The van der Waals surface area contributed by atoms with E-state index in [0.717, 1.165) is 0 Å². The molecule has 17 N–H and O–H groups in total. The van der Waals surface area contributed by atoms with Crippen LogP contribution in [0.5, 0.6) is 5.75 Å². The number of aliphatic hydroxyl groups excluding tert-OH is 1. The molecule has 0 saturated heterocycles. The maximum Gasteiger partial charge on any atom is 0.239 e. The number of hydrogen-bond donors (Lipinski definition) is 13. The Balaban J connectivity index is 3.33. The van der Waals surface area contributed by atoms with Gasteiger partial charge in [0.1, 0.15) is 24.1 Å². The standard InChI is InChI=1S/C31H54N10O9/c32-13-3-1-6-21(26(45)18-43)37-29(48)23(7-2-4-14-33)39-40-24(16-19-9-11-20(44)12-10-19)30(49)38-22(8-5-15-36-31(34)35)27(46)28(47)25(17-42)41-50/h9-12,18,21-25,31,36,39-42,44,50H,1-8,13-17,32-35H2,(H,37,48)(H,38,49)/t21-,22-,23-,24-,25-/m0/s1. The summed E-state index contributed by atoms with van der Waals surface area (Å²) in [4.78, 5) is 76.7. The smallest absolute Gasteiger partial charge is 0.239 e. The highest BCUT2D eigenvalue weighted by Crippen LogP contribution is 2.13. The molecular formula is C31H54N10O9. The van der Waals surface area contributed by atoms with Gasteiger partial charge in [0.15, 0.2) is 6.29 Å². The molecule has 0 aliphatic carbocycles. The molecule has 0 aromatic heterocycles. The first-order valence-electron chi connectivity index (χ1n) is 16.5. The van der Waals surface area contributed by atoms with Crippen LogP contribution in [0.4, 0.5) is 0 Å². The highest BCUT2D eigenvalue weighted by atomic mass is 16.5. The number of amides is 2. The van der Waals surface area contributed by atoms with Crippen molar-refractivity contribution in [2.45, 2.75) is 94.3 Å². The second-order valence-electron chi connectivity index (χ2n) is 11.7. The zero-order chi connectivity index (χ0) is 37.5. The monoisotopic (exact) mass is 710 g/mol. The van der Waals surface area contributed by atoms with Crippen LogP contribution in [0.25, 0.3) is 0 Å². The van der Waals surface area contributed by atoms with Crippen molar-refractivity contribution in [3.63, 3.8) is 0 Å². The van der Waals surface area contributed by atoms with Gasteiger partial charge in [-0.3, -0.25) is 34.1 Å². The Morgan fingerprint density at radius 1 is 0.720 bits per heavy atom. The molecule has 0 bridgehead atoms. The summed E-state index contributed by atoms with van der Waals surface area (Å²) in [7, 11) is 0. The number of rotatable bonds is 29. The number of carbonyl (C=O) groups excluding carboxylic acids is 6. The molecular weight excluding hydrogens is 656 g/mol. The quantitative estimate of drug-likeness (QED) is 0.0123. The summed E-state index contributed by atoms with van der Waals surface area (Å²) in [5.74, 6) is -4.48. The molecule has 1 aromatic rings. The van der Waals surface area contributed by atoms with Crippen LogP contribution >= 0.6 is 0 Å². The molecule has 0 aliphatic rings. The Kier molecular flexibility index (Phi) is 22.3. The van der Waals surface area contributed by atoms with E-state index in [0.29, 0.717) is 44.3 Å². The SMILES string of the molecule is NCCCC[C@H](NC(=O)[C@H](CCCCN)NN[C@@H](Cc1ccc(O)cc1)C(=O)N[C@@H](CCCNC(N)N)C(=O)C(=O)[C@H](CO)NO)C(=O)C=O. The lowest BCUT2D eigenvalue weighted by molar-refractivity contribution is -0.142. The third-order valence-electron chi connectivity index (χ3n) is 7.69. The average Bonchev–Trinajstić information content (AvgIpc) is 3.10. The predicted molar refractivity (Wildman–Crippen MR) is 182 cm³/mol. The van der Waals surface area contributed by atoms with Gasteiger partial charge in [0.25, 0.3) is 0 Å². The van der Waals surface area contributed by atoms with Gasteiger partial charge < -0.3 is 49.0 Å². The van der Waals surface area contributed by atoms with Crippen molar-refractivity contribution in [2.24, 2.45) is 22.9 Å². The van der Waals surface area contributed by atoms with Gasteiger partial charge in [0.05, 0.1) is 24.7 Å². The fourth-order valence-electron chi connectivity index (χ4n) is 4.81. The number of aldehydes is 1. The van der Waals surface area contributed by atoms with Gasteiger partial charge in [-0.1, -0.05) is 18.6 Å². The van der Waals surface area contributed by atoms with Crippen LogP contribution in [0, 0.1) is 0 Å². The number of aliphatic hydroxyl groups is 1. The maximum atomic E-state index is 13.8. The summed E-state index contributed by atoms with van der Waals surface area (Å²) < 4.78 is 0. The third kappa shape index (κ3) is 16.8. The van der Waals surface area contributed by atoms with Crippen molar-refractivity contribution in [1.29, 1.82) is 0 Å². The first-order valence-corrected chi connectivity index (χ1v) is 16.5.